The van der Waals surface area contributed by atoms with E-state index in [1.165, 1.54) is 36.8 Å². The second-order valence-corrected chi connectivity index (χ2v) is 19.8. The SMILES string of the molecule is C=C[C@@H]1C[C@]1(CC(=O)[C@@H]1C[C@@H](Oc2ncc(OC)c3ccc(Cl)cc23)CN1C(=O)[C@@H](Cc1nc(-c2ccc(C(=O)O)cc2)cs1)C(C)(C)C)C(=O)NS(=O)(=O)C1CC1.Cl.Cl. The number of carbonyl (C=O) groups excluding carboxylic acids is 3. The molecule has 2 N–H and O–H groups in total. The minimum Gasteiger partial charge on any atom is -0.494 e. The van der Waals surface area contributed by atoms with Crippen molar-refractivity contribution in [2.24, 2.45) is 22.7 Å². The number of rotatable bonds is 15. The fourth-order valence-electron chi connectivity index (χ4n) is 7.78. The van der Waals surface area contributed by atoms with Gasteiger partial charge >= 0.3 is 5.97 Å². The van der Waals surface area contributed by atoms with Crippen LogP contribution in [0.4, 0.5) is 0 Å². The van der Waals surface area contributed by atoms with Gasteiger partial charge in [-0.3, -0.25) is 19.1 Å². The van der Waals surface area contributed by atoms with Crippen molar-refractivity contribution in [3.63, 3.8) is 0 Å². The molecule has 60 heavy (non-hydrogen) atoms. The number of halogens is 3. The summed E-state index contributed by atoms with van der Waals surface area (Å²) in [6, 6.07) is 10.6. The molecule has 18 heteroatoms. The Morgan fingerprint density at radius 3 is 2.42 bits per heavy atom. The molecular weight excluding hydrogens is 875 g/mol. The number of ether oxygens (including phenoxy) is 2. The maximum atomic E-state index is 14.9. The van der Waals surface area contributed by atoms with E-state index in [-0.39, 0.29) is 80.2 Å². The molecule has 0 unspecified atom stereocenters. The van der Waals surface area contributed by atoms with Gasteiger partial charge in [0.15, 0.2) is 5.78 Å². The highest BCUT2D eigenvalue weighted by molar-refractivity contribution is 7.90. The van der Waals surface area contributed by atoms with Gasteiger partial charge in [0.2, 0.25) is 27.7 Å². The van der Waals surface area contributed by atoms with Crippen LogP contribution in [-0.2, 0) is 30.8 Å². The third-order valence-corrected chi connectivity index (χ3v) is 14.4. The Balaban J connectivity index is 0.00000341. The van der Waals surface area contributed by atoms with E-state index >= 15 is 0 Å². The summed E-state index contributed by atoms with van der Waals surface area (Å²) in [5.41, 5.74) is -0.356. The van der Waals surface area contributed by atoms with E-state index in [0.717, 1.165) is 5.56 Å². The predicted molar refractivity (Wildman–Crippen MR) is 234 cm³/mol. The van der Waals surface area contributed by atoms with Gasteiger partial charge < -0.3 is 19.5 Å². The number of likely N-dealkylation sites (tertiary alicyclic amines) is 1. The lowest BCUT2D eigenvalue weighted by atomic mass is 9.77. The molecule has 0 spiro atoms. The van der Waals surface area contributed by atoms with Crippen LogP contribution in [0, 0.1) is 22.7 Å². The molecule has 0 radical (unpaired) electrons. The third-order valence-electron chi connectivity index (χ3n) is 11.5. The quantitative estimate of drug-likeness (QED) is 0.112. The number of aromatic nitrogens is 2. The Kier molecular flexibility index (Phi) is 14.0. The zero-order valence-electron chi connectivity index (χ0n) is 33.4. The number of nitrogens with zero attached hydrogens (tertiary/aromatic N) is 3. The molecule has 2 amide bonds. The zero-order chi connectivity index (χ0) is 41.7. The zero-order valence-corrected chi connectivity index (χ0v) is 37.4. The fraction of sp³-hybridized carbons (Fsp3) is 0.429. The van der Waals surface area contributed by atoms with Crippen LogP contribution in [0.1, 0.15) is 68.2 Å². The number of amides is 2. The van der Waals surface area contributed by atoms with Crippen LogP contribution in [0.15, 0.2) is 66.7 Å². The maximum Gasteiger partial charge on any atom is 0.335 e. The number of fused-ring (bicyclic) bond motifs is 1. The van der Waals surface area contributed by atoms with E-state index in [0.29, 0.717) is 45.1 Å². The Hall–Kier alpha value is -4.28. The number of hydrogen-bond donors (Lipinski definition) is 2. The van der Waals surface area contributed by atoms with Gasteiger partial charge in [-0.2, -0.15) is 0 Å². The van der Waals surface area contributed by atoms with Crippen LogP contribution < -0.4 is 14.2 Å². The molecule has 13 nitrogen and oxygen atoms in total. The normalized spacial score (nSPS) is 21.6. The summed E-state index contributed by atoms with van der Waals surface area (Å²) in [4.78, 5) is 65.4. The monoisotopic (exact) mass is 920 g/mol. The standard InChI is InChI=1S/C42H45ClN4O9S2.2ClH/c1-6-25-18-42(25,40(52)46-58(53,54)28-12-13-28)19-34(48)33-16-27(56-37-30-15-26(43)11-14-29(30)35(55-5)20-44-37)21-47(33)38(49)31(41(2,3)4)17-36-45-32(22-57-36)23-7-9-24(10-8-23)39(50)51;;/h6-11,14-15,20,22,25,27-28,31,33H,1,12-13,16-19,21H2,2-5H3,(H,46,52)(H,50,51);2*1H/t25-,27-,31-,33+,42-;;/m1../s1. The highest BCUT2D eigenvalue weighted by Crippen LogP contribution is 2.57. The predicted octanol–water partition coefficient (Wildman–Crippen LogP) is 7.58. The van der Waals surface area contributed by atoms with Crippen molar-refractivity contribution in [1.82, 2.24) is 19.6 Å². The molecule has 2 aromatic carbocycles. The van der Waals surface area contributed by atoms with Crippen LogP contribution in [0.2, 0.25) is 5.02 Å². The number of allylic oxidation sites excluding steroid dienone is 1. The molecule has 2 aliphatic carbocycles. The Morgan fingerprint density at radius 1 is 1.12 bits per heavy atom. The first kappa shape index (κ1) is 46.8. The summed E-state index contributed by atoms with van der Waals surface area (Å²) in [6.45, 7) is 9.72. The number of carbonyl (C=O) groups is 4. The molecule has 4 aromatic rings. The molecule has 1 aliphatic heterocycles. The number of carboxylic acids is 1. The molecule has 3 fully saturated rings. The Morgan fingerprint density at radius 2 is 1.82 bits per heavy atom. The number of nitrogens with one attached hydrogen (secondary N) is 1. The van der Waals surface area contributed by atoms with Gasteiger partial charge in [-0.15, -0.1) is 42.7 Å². The van der Waals surface area contributed by atoms with Gasteiger partial charge in [0.05, 0.1) is 52.8 Å². The van der Waals surface area contributed by atoms with Gasteiger partial charge in [-0.05, 0) is 60.9 Å². The largest absolute Gasteiger partial charge is 0.494 e. The average molecular weight is 922 g/mol. The first-order valence-corrected chi connectivity index (χ1v) is 21.8. The number of Topliss-reactive ketones (excluding diaryl/α,β-unsaturated/α-hetero) is 1. The van der Waals surface area contributed by atoms with Crippen molar-refractivity contribution in [3.8, 4) is 22.9 Å². The fourth-order valence-corrected chi connectivity index (χ4v) is 10.2. The number of benzene rings is 2. The molecular formula is C42H47Cl3N4O9S2. The highest BCUT2D eigenvalue weighted by Gasteiger charge is 2.61. The summed E-state index contributed by atoms with van der Waals surface area (Å²) < 4.78 is 39.9. The van der Waals surface area contributed by atoms with E-state index in [1.54, 1.807) is 41.3 Å². The van der Waals surface area contributed by atoms with E-state index in [4.69, 9.17) is 26.1 Å². The number of ketones is 1. The number of hydrogen-bond acceptors (Lipinski definition) is 11. The summed E-state index contributed by atoms with van der Waals surface area (Å²) in [7, 11) is -2.34. The van der Waals surface area contributed by atoms with E-state index in [2.05, 4.69) is 16.3 Å². The number of methoxy groups -OCH3 is 1. The van der Waals surface area contributed by atoms with Gasteiger partial charge in [-0.1, -0.05) is 50.6 Å². The molecule has 2 saturated carbocycles. The molecule has 322 valence electrons. The number of sulfonamides is 1. The van der Waals surface area contributed by atoms with E-state index in [1.807, 2.05) is 26.2 Å². The second-order valence-electron chi connectivity index (χ2n) is 16.5. The van der Waals surface area contributed by atoms with E-state index < -0.39 is 62.0 Å². The van der Waals surface area contributed by atoms with Crippen LogP contribution in [0.5, 0.6) is 11.6 Å². The van der Waals surface area contributed by atoms with Gasteiger partial charge in [-0.25, -0.2) is 23.2 Å². The van der Waals surface area contributed by atoms with Crippen molar-refractivity contribution in [1.29, 1.82) is 0 Å². The number of thiazole rings is 1. The number of aromatic carboxylic acids is 1. The highest BCUT2D eigenvalue weighted by atomic mass is 35.5. The topological polar surface area (TPSA) is 182 Å². The van der Waals surface area contributed by atoms with Gasteiger partial charge in [0.25, 0.3) is 0 Å². The van der Waals surface area contributed by atoms with Crippen molar-refractivity contribution in [2.75, 3.05) is 13.7 Å². The van der Waals surface area contributed by atoms with Crippen molar-refractivity contribution >= 4 is 92.1 Å². The van der Waals surface area contributed by atoms with Crippen LogP contribution in [0.3, 0.4) is 0 Å². The van der Waals surface area contributed by atoms with Crippen LogP contribution in [0.25, 0.3) is 22.0 Å². The molecule has 3 aliphatic rings. The first-order chi connectivity index (χ1) is 27.4. The van der Waals surface area contributed by atoms with Crippen molar-refractivity contribution in [3.05, 3.63) is 82.3 Å². The third kappa shape index (κ3) is 9.60. The average Bonchev–Trinajstić information content (AvgIpc) is 4.07. The minimum absolute atomic E-state index is 0. The molecule has 5 atom stereocenters. The second kappa shape index (κ2) is 18.0. The molecule has 2 aromatic heterocycles. The van der Waals surface area contributed by atoms with Crippen LogP contribution >= 0.6 is 47.8 Å². The van der Waals surface area contributed by atoms with Crippen LogP contribution in [-0.4, -0.2) is 83.0 Å². The Labute approximate surface area is 370 Å². The molecule has 0 bridgehead atoms. The minimum atomic E-state index is -3.87. The van der Waals surface area contributed by atoms with E-state index in [9.17, 15) is 32.7 Å². The lowest BCUT2D eigenvalue weighted by Gasteiger charge is -2.35. The summed E-state index contributed by atoms with van der Waals surface area (Å²) in [5.74, 6) is -2.72. The van der Waals surface area contributed by atoms with Gasteiger partial charge in [0.1, 0.15) is 11.9 Å². The van der Waals surface area contributed by atoms with Crippen molar-refractivity contribution < 1.29 is 42.2 Å². The maximum absolute atomic E-state index is 14.9. The lowest BCUT2D eigenvalue weighted by molar-refractivity contribution is -0.144. The molecule has 3 heterocycles. The summed E-state index contributed by atoms with van der Waals surface area (Å²) in [5, 5.41) is 13.0. The lowest BCUT2D eigenvalue weighted by Crippen LogP contribution is -2.48. The molecule has 7 rings (SSSR count). The molecule has 1 saturated heterocycles. The smallest absolute Gasteiger partial charge is 0.335 e. The van der Waals surface area contributed by atoms with Crippen molar-refractivity contribution in [2.45, 2.75) is 76.7 Å². The number of carboxylic acid groups (broad SMARTS) is 1. The summed E-state index contributed by atoms with van der Waals surface area (Å²) >= 11 is 7.77. The summed E-state index contributed by atoms with van der Waals surface area (Å²) in [6.07, 6.45) is 3.70. The Bertz CT molecular complexity index is 2420. The number of pyridine rings is 1. The van der Waals surface area contributed by atoms with Gasteiger partial charge in [0, 0.05) is 51.9 Å². The first-order valence-electron chi connectivity index (χ1n) is 19.0.